The lowest BCUT2D eigenvalue weighted by Gasteiger charge is -2.25. The number of sulfonamides is 1. The number of ether oxygens (including phenoxy) is 1. The molecule has 1 heterocycles. The van der Waals surface area contributed by atoms with Crippen LogP contribution in [0.25, 0.3) is 17.3 Å². The Labute approximate surface area is 211 Å². The molecule has 0 saturated carbocycles. The number of hydrogen-bond acceptors (Lipinski definition) is 8. The van der Waals surface area contributed by atoms with Crippen molar-refractivity contribution in [2.45, 2.75) is 64.8 Å². The molecule has 1 aromatic heterocycles. The minimum Gasteiger partial charge on any atom is -0.460 e. The first-order valence-corrected chi connectivity index (χ1v) is 13.3. The fourth-order valence-corrected chi connectivity index (χ4v) is 3.41. The van der Waals surface area contributed by atoms with Crippen molar-refractivity contribution in [1.29, 1.82) is 0 Å². The molecule has 9 nitrogen and oxygen atoms in total. The first-order valence-electron chi connectivity index (χ1n) is 11.4. The summed E-state index contributed by atoms with van der Waals surface area (Å²) in [5.41, 5.74) is 0.596. The fraction of sp³-hybridized carbons (Fsp3) is 0.480. The predicted octanol–water partition coefficient (Wildman–Crippen LogP) is 3.27. The van der Waals surface area contributed by atoms with Gasteiger partial charge in [0.15, 0.2) is 0 Å². The number of carbonyl (C=O) groups is 1. The van der Waals surface area contributed by atoms with Gasteiger partial charge in [0.05, 0.1) is 35.8 Å². The zero-order valence-corrected chi connectivity index (χ0v) is 22.4. The van der Waals surface area contributed by atoms with Crippen LogP contribution in [0.3, 0.4) is 0 Å². The quantitative estimate of drug-likeness (QED) is 0.454. The molecule has 0 saturated heterocycles. The van der Waals surface area contributed by atoms with Gasteiger partial charge in [0.25, 0.3) is 0 Å². The van der Waals surface area contributed by atoms with E-state index in [2.05, 4.69) is 9.97 Å². The lowest BCUT2D eigenvalue weighted by Crippen LogP contribution is -2.37. The molecule has 0 aliphatic carbocycles. The van der Waals surface area contributed by atoms with Crippen molar-refractivity contribution in [3.05, 3.63) is 47.4 Å². The summed E-state index contributed by atoms with van der Waals surface area (Å²) in [7, 11) is -2.32. The Morgan fingerprint density at radius 3 is 2.28 bits per heavy atom. The predicted molar refractivity (Wildman–Crippen MR) is 136 cm³/mol. The molecular formula is C25H34FN3O6S. The second kappa shape index (κ2) is 11.4. The normalized spacial score (nSPS) is 14.2. The largest absolute Gasteiger partial charge is 0.460 e. The van der Waals surface area contributed by atoms with E-state index in [-0.39, 0.29) is 18.3 Å². The van der Waals surface area contributed by atoms with Gasteiger partial charge in [0, 0.05) is 18.2 Å². The molecule has 2 aromatic rings. The Bertz CT molecular complexity index is 1210. The zero-order chi connectivity index (χ0) is 27.4. The summed E-state index contributed by atoms with van der Waals surface area (Å²) in [6.45, 7) is 8.30. The molecule has 0 amide bonds. The number of esters is 1. The van der Waals surface area contributed by atoms with Crippen LogP contribution in [0.4, 0.5) is 10.3 Å². The zero-order valence-electron chi connectivity index (χ0n) is 21.6. The van der Waals surface area contributed by atoms with E-state index < -0.39 is 39.6 Å². The van der Waals surface area contributed by atoms with Gasteiger partial charge in [-0.2, -0.15) is 0 Å². The summed E-state index contributed by atoms with van der Waals surface area (Å²) in [6.07, 6.45) is 1.63. The monoisotopic (exact) mass is 523 g/mol. The number of benzene rings is 1. The molecule has 198 valence electrons. The number of carbonyl (C=O) groups excluding carboxylic acids is 1. The van der Waals surface area contributed by atoms with E-state index in [0.717, 1.165) is 10.6 Å². The maximum Gasteiger partial charge on any atom is 0.309 e. The molecule has 2 rings (SSSR count). The topological polar surface area (TPSA) is 130 Å². The number of hydrogen-bond donors (Lipinski definition) is 2. The summed E-state index contributed by atoms with van der Waals surface area (Å²) in [4.78, 5) is 21.1. The van der Waals surface area contributed by atoms with Crippen LogP contribution in [0, 0.1) is 5.82 Å². The van der Waals surface area contributed by atoms with Gasteiger partial charge in [0.2, 0.25) is 16.0 Å². The molecule has 0 aliphatic heterocycles. The van der Waals surface area contributed by atoms with E-state index in [1.165, 1.54) is 51.2 Å². The van der Waals surface area contributed by atoms with Crippen molar-refractivity contribution in [1.82, 2.24) is 9.97 Å². The number of aromatic nitrogens is 2. The van der Waals surface area contributed by atoms with Crippen LogP contribution in [0.2, 0.25) is 0 Å². The average Bonchev–Trinajstić information content (AvgIpc) is 2.75. The van der Waals surface area contributed by atoms with E-state index in [9.17, 15) is 27.8 Å². The molecule has 1 aromatic carbocycles. The number of halogens is 1. The minimum atomic E-state index is -3.66. The van der Waals surface area contributed by atoms with Gasteiger partial charge in [-0.05, 0) is 51.0 Å². The fourth-order valence-electron chi connectivity index (χ4n) is 3.03. The lowest BCUT2D eigenvalue weighted by molar-refractivity contribution is -0.161. The van der Waals surface area contributed by atoms with Crippen molar-refractivity contribution in [2.24, 2.45) is 0 Å². The van der Waals surface area contributed by atoms with Gasteiger partial charge in [-0.25, -0.2) is 27.1 Å². The van der Waals surface area contributed by atoms with Crippen LogP contribution in [0.15, 0.2) is 30.3 Å². The van der Waals surface area contributed by atoms with Gasteiger partial charge < -0.3 is 14.9 Å². The Kier molecular flexibility index (Phi) is 9.33. The summed E-state index contributed by atoms with van der Waals surface area (Å²) in [5.74, 6) is -1.36. The van der Waals surface area contributed by atoms with E-state index in [1.54, 1.807) is 13.0 Å². The van der Waals surface area contributed by atoms with Crippen LogP contribution >= 0.6 is 0 Å². The van der Waals surface area contributed by atoms with E-state index >= 15 is 0 Å². The maximum absolute atomic E-state index is 13.6. The SMILES string of the molecule is CC(C)c1nc(N(C)S(C)(=O)=O)nc(-c2ccc(F)cc2)c1/C=C/C(O)CC(=O)O[C@@H](C)C(C)(C)O. The molecule has 0 fully saturated rings. The van der Waals surface area contributed by atoms with Crippen molar-refractivity contribution in [3.8, 4) is 11.3 Å². The minimum absolute atomic E-state index is 0.0533. The molecule has 2 N–H and O–H groups in total. The third kappa shape index (κ3) is 7.81. The van der Waals surface area contributed by atoms with Crippen LogP contribution in [-0.2, 0) is 19.6 Å². The molecule has 0 radical (unpaired) electrons. The summed E-state index contributed by atoms with van der Waals surface area (Å²) in [5, 5.41) is 20.4. The van der Waals surface area contributed by atoms with Crippen LogP contribution in [-0.4, -0.2) is 65.7 Å². The average molecular weight is 524 g/mol. The third-order valence-corrected chi connectivity index (χ3v) is 6.73. The van der Waals surface area contributed by atoms with Crippen LogP contribution < -0.4 is 4.31 Å². The van der Waals surface area contributed by atoms with Crippen molar-refractivity contribution >= 4 is 28.0 Å². The molecule has 36 heavy (non-hydrogen) atoms. The van der Waals surface area contributed by atoms with Crippen molar-refractivity contribution in [2.75, 3.05) is 17.6 Å². The second-order valence-corrected chi connectivity index (χ2v) is 11.5. The second-order valence-electron chi connectivity index (χ2n) is 9.48. The number of aliphatic hydroxyl groups is 2. The Balaban J connectivity index is 2.52. The summed E-state index contributed by atoms with van der Waals surface area (Å²) in [6, 6.07) is 5.54. The first-order chi connectivity index (χ1) is 16.5. The molecule has 2 atom stereocenters. The molecular weight excluding hydrogens is 489 g/mol. The number of nitrogens with zero attached hydrogens (tertiary/aromatic N) is 3. The van der Waals surface area contributed by atoms with Gasteiger partial charge >= 0.3 is 5.97 Å². The Hall–Kier alpha value is -2.89. The van der Waals surface area contributed by atoms with Crippen molar-refractivity contribution in [3.63, 3.8) is 0 Å². The Morgan fingerprint density at radius 2 is 1.78 bits per heavy atom. The van der Waals surface area contributed by atoms with Crippen LogP contribution in [0.1, 0.15) is 58.2 Å². The first kappa shape index (κ1) is 29.3. The summed E-state index contributed by atoms with van der Waals surface area (Å²) >= 11 is 0. The van der Waals surface area contributed by atoms with E-state index in [1.807, 2.05) is 13.8 Å². The van der Waals surface area contributed by atoms with Crippen molar-refractivity contribution < 1.29 is 32.6 Å². The molecule has 0 bridgehead atoms. The highest BCUT2D eigenvalue weighted by atomic mass is 32.2. The van der Waals surface area contributed by atoms with Crippen LogP contribution in [0.5, 0.6) is 0 Å². The summed E-state index contributed by atoms with van der Waals surface area (Å²) < 4.78 is 44.0. The molecule has 0 aliphatic rings. The number of rotatable bonds is 10. The standard InChI is InChI=1S/C25H34FN3O6S/c1-15(2)22-20(13-12-19(30)14-21(31)35-16(3)25(4,5)32)23(17-8-10-18(26)11-9-17)28-24(27-22)29(6)36(7,33)34/h8-13,15-16,19,30,32H,14H2,1-7H3/b13-12+/t16-,19?/m0/s1. The Morgan fingerprint density at radius 1 is 1.19 bits per heavy atom. The highest BCUT2D eigenvalue weighted by molar-refractivity contribution is 7.92. The number of anilines is 1. The molecule has 0 spiro atoms. The third-order valence-electron chi connectivity index (χ3n) is 5.57. The molecule has 11 heteroatoms. The van der Waals surface area contributed by atoms with E-state index in [0.29, 0.717) is 22.5 Å². The van der Waals surface area contributed by atoms with Gasteiger partial charge in [-0.3, -0.25) is 4.79 Å². The van der Waals surface area contributed by atoms with Gasteiger partial charge in [-0.1, -0.05) is 26.0 Å². The smallest absolute Gasteiger partial charge is 0.309 e. The lowest BCUT2D eigenvalue weighted by atomic mass is 9.97. The van der Waals surface area contributed by atoms with E-state index in [4.69, 9.17) is 4.74 Å². The highest BCUT2D eigenvalue weighted by Crippen LogP contribution is 2.31. The number of aliphatic hydroxyl groups excluding tert-OH is 1. The van der Waals surface area contributed by atoms with Gasteiger partial charge in [0.1, 0.15) is 11.9 Å². The highest BCUT2D eigenvalue weighted by Gasteiger charge is 2.27. The van der Waals surface area contributed by atoms with Gasteiger partial charge in [-0.15, -0.1) is 0 Å². The maximum atomic E-state index is 13.6. The molecule has 1 unspecified atom stereocenters.